The number of nitrogens with zero attached hydrogens (tertiary/aromatic N) is 3. The fourth-order valence-corrected chi connectivity index (χ4v) is 4.02. The number of piperazine rings is 1. The Morgan fingerprint density at radius 1 is 1.07 bits per heavy atom. The van der Waals surface area contributed by atoms with Crippen LogP contribution < -0.4 is 5.32 Å². The van der Waals surface area contributed by atoms with E-state index in [2.05, 4.69) is 16.3 Å². The number of nitriles is 1. The molecule has 0 radical (unpaired) electrons. The third-order valence-electron chi connectivity index (χ3n) is 5.02. The maximum Gasteiger partial charge on any atom is 0.238 e. The molecule has 2 aromatic rings. The second-order valence-corrected chi connectivity index (χ2v) is 8.33. The van der Waals surface area contributed by atoms with E-state index >= 15 is 0 Å². The van der Waals surface area contributed by atoms with E-state index in [1.165, 1.54) is 17.3 Å². The number of nitrogens with one attached hydrogen (secondary N) is 1. The summed E-state index contributed by atoms with van der Waals surface area (Å²) in [5.74, 6) is 0.386. The zero-order valence-electron chi connectivity index (χ0n) is 17.1. The molecule has 0 unspecified atom stereocenters. The van der Waals surface area contributed by atoms with E-state index in [-0.39, 0.29) is 18.4 Å². The van der Waals surface area contributed by atoms with Gasteiger partial charge in [0.1, 0.15) is 0 Å². The Bertz CT molecular complexity index is 916. The summed E-state index contributed by atoms with van der Waals surface area (Å²) in [5, 5.41) is 11.7. The SMILES string of the molecule is Cc1ccc(CC(=O)N2CCN(CC(=O)Nc3ccccc3SCC#N)CC2)cc1. The van der Waals surface area contributed by atoms with E-state index in [0.29, 0.717) is 38.4 Å². The molecule has 3 rings (SSSR count). The van der Waals surface area contributed by atoms with Crippen molar-refractivity contribution < 1.29 is 9.59 Å². The normalized spacial score (nSPS) is 14.2. The number of amides is 2. The molecule has 1 saturated heterocycles. The van der Waals surface area contributed by atoms with Crippen LogP contribution in [0.25, 0.3) is 0 Å². The van der Waals surface area contributed by atoms with Crippen LogP contribution >= 0.6 is 11.8 Å². The van der Waals surface area contributed by atoms with Crippen LogP contribution in [0.4, 0.5) is 5.69 Å². The number of benzene rings is 2. The number of carbonyl (C=O) groups excluding carboxylic acids is 2. The largest absolute Gasteiger partial charge is 0.340 e. The van der Waals surface area contributed by atoms with Gasteiger partial charge in [0.2, 0.25) is 11.8 Å². The topological polar surface area (TPSA) is 76.4 Å². The molecular weight excluding hydrogens is 396 g/mol. The first-order chi connectivity index (χ1) is 14.5. The third kappa shape index (κ3) is 6.34. The lowest BCUT2D eigenvalue weighted by atomic mass is 10.1. The highest BCUT2D eigenvalue weighted by atomic mass is 32.2. The van der Waals surface area contributed by atoms with Crippen LogP contribution in [0.2, 0.25) is 0 Å². The van der Waals surface area contributed by atoms with Crippen LogP contribution in [0.3, 0.4) is 0 Å². The molecule has 0 atom stereocenters. The van der Waals surface area contributed by atoms with Gasteiger partial charge in [-0.15, -0.1) is 11.8 Å². The summed E-state index contributed by atoms with van der Waals surface area (Å²) in [6.45, 7) is 4.94. The van der Waals surface area contributed by atoms with Crippen molar-refractivity contribution in [1.29, 1.82) is 5.26 Å². The minimum absolute atomic E-state index is 0.0839. The molecule has 0 saturated carbocycles. The number of anilines is 1. The molecule has 0 bridgehead atoms. The zero-order chi connectivity index (χ0) is 21.3. The number of hydrogen-bond donors (Lipinski definition) is 1. The van der Waals surface area contributed by atoms with Gasteiger partial charge in [-0.3, -0.25) is 14.5 Å². The average Bonchev–Trinajstić information content (AvgIpc) is 2.75. The first-order valence-corrected chi connectivity index (χ1v) is 11.0. The maximum atomic E-state index is 12.5. The van der Waals surface area contributed by atoms with Gasteiger partial charge in [-0.1, -0.05) is 42.0 Å². The Morgan fingerprint density at radius 2 is 1.77 bits per heavy atom. The Hall–Kier alpha value is -2.82. The molecule has 0 spiro atoms. The van der Waals surface area contributed by atoms with E-state index in [9.17, 15) is 9.59 Å². The summed E-state index contributed by atoms with van der Waals surface area (Å²) in [5.41, 5.74) is 2.94. The summed E-state index contributed by atoms with van der Waals surface area (Å²) in [6.07, 6.45) is 0.415. The second-order valence-electron chi connectivity index (χ2n) is 7.31. The van der Waals surface area contributed by atoms with Crippen molar-refractivity contribution >= 4 is 29.3 Å². The summed E-state index contributed by atoms with van der Waals surface area (Å²) in [7, 11) is 0. The van der Waals surface area contributed by atoms with Crippen molar-refractivity contribution in [2.45, 2.75) is 18.2 Å². The van der Waals surface area contributed by atoms with Gasteiger partial charge in [-0.2, -0.15) is 5.26 Å². The molecule has 0 aromatic heterocycles. The van der Waals surface area contributed by atoms with Crippen LogP contribution in [-0.2, 0) is 16.0 Å². The number of para-hydroxylation sites is 1. The first kappa shape index (κ1) is 21.9. The Labute approximate surface area is 181 Å². The Balaban J connectivity index is 1.45. The minimum Gasteiger partial charge on any atom is -0.340 e. The smallest absolute Gasteiger partial charge is 0.238 e. The van der Waals surface area contributed by atoms with Crippen molar-refractivity contribution in [1.82, 2.24) is 9.80 Å². The molecule has 1 N–H and O–H groups in total. The molecule has 6 nitrogen and oxygen atoms in total. The maximum absolute atomic E-state index is 12.5. The highest BCUT2D eigenvalue weighted by Gasteiger charge is 2.22. The van der Waals surface area contributed by atoms with Gasteiger partial charge in [0.15, 0.2) is 0 Å². The number of aryl methyl sites for hydroxylation is 1. The molecule has 2 aromatic carbocycles. The zero-order valence-corrected chi connectivity index (χ0v) is 18.0. The Kier molecular flexibility index (Phi) is 7.89. The minimum atomic E-state index is -0.0839. The van der Waals surface area contributed by atoms with Gasteiger partial charge < -0.3 is 10.2 Å². The lowest BCUT2D eigenvalue weighted by Crippen LogP contribution is -2.50. The van der Waals surface area contributed by atoms with Crippen molar-refractivity contribution in [3.8, 4) is 6.07 Å². The quantitative estimate of drug-likeness (QED) is 0.695. The van der Waals surface area contributed by atoms with E-state index in [1.807, 2.05) is 60.4 Å². The van der Waals surface area contributed by atoms with Crippen molar-refractivity contribution in [2.24, 2.45) is 0 Å². The Morgan fingerprint density at radius 3 is 2.47 bits per heavy atom. The van der Waals surface area contributed by atoms with E-state index in [1.54, 1.807) is 0 Å². The van der Waals surface area contributed by atoms with Gasteiger partial charge in [0, 0.05) is 31.1 Å². The third-order valence-corrected chi connectivity index (χ3v) is 5.96. The fourth-order valence-electron chi connectivity index (χ4n) is 3.35. The molecule has 1 aliphatic rings. The van der Waals surface area contributed by atoms with Crippen molar-refractivity contribution in [2.75, 3.05) is 43.8 Å². The highest BCUT2D eigenvalue weighted by molar-refractivity contribution is 7.99. The predicted molar refractivity (Wildman–Crippen MR) is 119 cm³/mol. The fraction of sp³-hybridized carbons (Fsp3) is 0.348. The molecule has 1 aliphatic heterocycles. The lowest BCUT2D eigenvalue weighted by molar-refractivity contribution is -0.132. The molecule has 2 amide bonds. The second kappa shape index (κ2) is 10.8. The van der Waals surface area contributed by atoms with Crippen LogP contribution in [0.5, 0.6) is 0 Å². The van der Waals surface area contributed by atoms with Crippen molar-refractivity contribution in [3.05, 3.63) is 59.7 Å². The van der Waals surface area contributed by atoms with Crippen LogP contribution in [0.1, 0.15) is 11.1 Å². The van der Waals surface area contributed by atoms with Crippen LogP contribution in [0, 0.1) is 18.3 Å². The number of rotatable bonds is 7. The van der Waals surface area contributed by atoms with Crippen molar-refractivity contribution in [3.63, 3.8) is 0 Å². The summed E-state index contributed by atoms with van der Waals surface area (Å²) in [6, 6.07) is 17.7. The van der Waals surface area contributed by atoms with E-state index < -0.39 is 0 Å². The van der Waals surface area contributed by atoms with E-state index in [4.69, 9.17) is 5.26 Å². The van der Waals surface area contributed by atoms with Gasteiger partial charge in [-0.05, 0) is 24.6 Å². The predicted octanol–water partition coefficient (Wildman–Crippen LogP) is 2.94. The van der Waals surface area contributed by atoms with Gasteiger partial charge in [-0.25, -0.2) is 0 Å². The number of thioether (sulfide) groups is 1. The molecule has 30 heavy (non-hydrogen) atoms. The first-order valence-electron chi connectivity index (χ1n) is 9.99. The molecule has 156 valence electrons. The average molecular weight is 423 g/mol. The molecule has 0 aliphatic carbocycles. The monoisotopic (exact) mass is 422 g/mol. The van der Waals surface area contributed by atoms with Crippen LogP contribution in [0.15, 0.2) is 53.4 Å². The summed E-state index contributed by atoms with van der Waals surface area (Å²) in [4.78, 5) is 29.9. The standard InChI is InChI=1S/C23H26N4O2S/c1-18-6-8-19(9-7-18)16-23(29)27-13-11-26(12-14-27)17-22(28)25-20-4-2-3-5-21(20)30-15-10-24/h2-9H,11-17H2,1H3,(H,25,28). The molecule has 1 fully saturated rings. The lowest BCUT2D eigenvalue weighted by Gasteiger charge is -2.34. The molecular formula is C23H26N4O2S. The number of hydrogen-bond acceptors (Lipinski definition) is 5. The summed E-state index contributed by atoms with van der Waals surface area (Å²) < 4.78 is 0. The van der Waals surface area contributed by atoms with Crippen LogP contribution in [-0.4, -0.2) is 60.1 Å². The van der Waals surface area contributed by atoms with Gasteiger partial charge in [0.25, 0.3) is 0 Å². The van der Waals surface area contributed by atoms with Gasteiger partial charge in [0.05, 0.1) is 30.5 Å². The van der Waals surface area contributed by atoms with E-state index in [0.717, 1.165) is 16.1 Å². The molecule has 1 heterocycles. The molecule has 7 heteroatoms. The number of carbonyl (C=O) groups is 2. The summed E-state index contributed by atoms with van der Waals surface area (Å²) >= 11 is 1.41. The van der Waals surface area contributed by atoms with Gasteiger partial charge >= 0.3 is 0 Å². The highest BCUT2D eigenvalue weighted by Crippen LogP contribution is 2.26.